The first-order valence-electron chi connectivity index (χ1n) is 6.79. The molecule has 5 nitrogen and oxygen atoms in total. The Kier molecular flexibility index (Phi) is 7.44. The Labute approximate surface area is 158 Å². The Morgan fingerprint density at radius 2 is 1.70 bits per heavy atom. The molecule has 0 aromatic heterocycles. The molecule has 23 heavy (non-hydrogen) atoms. The fourth-order valence-electron chi connectivity index (χ4n) is 2.05. The molecule has 0 amide bonds. The molecule has 0 bridgehead atoms. The van der Waals surface area contributed by atoms with Crippen LogP contribution in [-0.4, -0.2) is 36.0 Å². The first kappa shape index (κ1) is 19.9. The van der Waals surface area contributed by atoms with Crippen LogP contribution >= 0.6 is 0 Å². The first-order chi connectivity index (χ1) is 10.4. The Hall–Kier alpha value is -1.18. The number of hydrogen-bond donors (Lipinski definition) is 1. The van der Waals surface area contributed by atoms with E-state index in [1.54, 1.807) is 30.4 Å². The summed E-state index contributed by atoms with van der Waals surface area (Å²) in [6.07, 6.45) is 15.0. The molecule has 0 spiro atoms. The van der Waals surface area contributed by atoms with Gasteiger partial charge < -0.3 is 4.90 Å². The minimum atomic E-state index is -4.15. The van der Waals surface area contributed by atoms with Gasteiger partial charge in [0.2, 0.25) is 0 Å². The molecule has 2 rings (SSSR count). The zero-order chi connectivity index (χ0) is 16.2. The predicted molar refractivity (Wildman–Crippen MR) is 85.5 cm³/mol. The van der Waals surface area contributed by atoms with Crippen molar-refractivity contribution in [1.82, 2.24) is 4.90 Å². The SMILES string of the molecule is CCN1C=CC(=C(C=C2C=CC(=O)C=C2)CS(=O)(=O)O)C=C1.[Na+]. The fourth-order valence-corrected chi connectivity index (χ4v) is 2.70. The van der Waals surface area contributed by atoms with Crippen molar-refractivity contribution in [1.29, 1.82) is 0 Å². The summed E-state index contributed by atoms with van der Waals surface area (Å²) < 4.78 is 31.6. The number of rotatable bonds is 4. The summed E-state index contributed by atoms with van der Waals surface area (Å²) in [7, 11) is -4.15. The minimum Gasteiger partial charge on any atom is -0.354 e. The summed E-state index contributed by atoms with van der Waals surface area (Å²) in [5.41, 5.74) is 1.86. The van der Waals surface area contributed by atoms with E-state index in [1.165, 1.54) is 12.2 Å². The number of hydrogen-bond acceptors (Lipinski definition) is 4. The van der Waals surface area contributed by atoms with E-state index in [1.807, 2.05) is 24.2 Å². The molecule has 1 aliphatic heterocycles. The zero-order valence-corrected chi connectivity index (χ0v) is 16.0. The van der Waals surface area contributed by atoms with Gasteiger partial charge in [0.15, 0.2) is 5.78 Å². The third kappa shape index (κ3) is 6.45. The van der Waals surface area contributed by atoms with Crippen LogP contribution in [0.3, 0.4) is 0 Å². The molecule has 7 heteroatoms. The maximum Gasteiger partial charge on any atom is 1.00 e. The van der Waals surface area contributed by atoms with Crippen LogP contribution in [0.2, 0.25) is 0 Å². The van der Waals surface area contributed by atoms with Crippen molar-refractivity contribution < 1.29 is 47.3 Å². The van der Waals surface area contributed by atoms with Crippen molar-refractivity contribution in [3.05, 3.63) is 71.7 Å². The maximum atomic E-state index is 11.2. The van der Waals surface area contributed by atoms with Crippen LogP contribution in [-0.2, 0) is 14.9 Å². The van der Waals surface area contributed by atoms with Gasteiger partial charge in [0.1, 0.15) is 5.75 Å². The normalized spacial score (nSPS) is 16.6. The summed E-state index contributed by atoms with van der Waals surface area (Å²) in [5, 5.41) is 0. The average molecular weight is 342 g/mol. The van der Waals surface area contributed by atoms with Crippen molar-refractivity contribution >= 4 is 15.9 Å². The molecule has 0 fully saturated rings. The minimum absolute atomic E-state index is 0. The topological polar surface area (TPSA) is 74.7 Å². The van der Waals surface area contributed by atoms with E-state index in [2.05, 4.69) is 0 Å². The molecule has 2 aliphatic rings. The standard InChI is InChI=1S/C16H17NO4S.Na/c1-2-17-9-7-14(8-10-17)15(12-22(19,20)21)11-13-3-5-16(18)6-4-13;/h3-11H,2,12H2,1H3,(H,19,20,21);/q;+1. The molecule has 0 radical (unpaired) electrons. The van der Waals surface area contributed by atoms with Crippen LogP contribution in [0.1, 0.15) is 6.92 Å². The molecule has 0 aromatic rings. The van der Waals surface area contributed by atoms with Crippen LogP contribution in [0.5, 0.6) is 0 Å². The van der Waals surface area contributed by atoms with Gasteiger partial charge in [0, 0.05) is 18.9 Å². The first-order valence-corrected chi connectivity index (χ1v) is 8.40. The molecular weight excluding hydrogens is 325 g/mol. The van der Waals surface area contributed by atoms with Crippen molar-refractivity contribution in [3.8, 4) is 0 Å². The smallest absolute Gasteiger partial charge is 0.354 e. The molecule has 0 aromatic carbocycles. The molecule has 0 unspecified atom stereocenters. The van der Waals surface area contributed by atoms with E-state index >= 15 is 0 Å². The van der Waals surface area contributed by atoms with Gasteiger partial charge in [-0.05, 0) is 47.9 Å². The van der Waals surface area contributed by atoms with Crippen LogP contribution in [0.4, 0.5) is 0 Å². The number of allylic oxidation sites excluding steroid dienone is 9. The second-order valence-electron chi connectivity index (χ2n) is 4.88. The summed E-state index contributed by atoms with van der Waals surface area (Å²) in [4.78, 5) is 13.1. The van der Waals surface area contributed by atoms with Gasteiger partial charge in [0.25, 0.3) is 10.1 Å². The van der Waals surface area contributed by atoms with Gasteiger partial charge in [-0.2, -0.15) is 8.42 Å². The molecule has 0 saturated carbocycles. The molecular formula is C16H17NNaO4S+. The quantitative estimate of drug-likeness (QED) is 0.533. The Bertz CT molecular complexity index is 721. The van der Waals surface area contributed by atoms with Crippen molar-refractivity contribution in [2.24, 2.45) is 0 Å². The Morgan fingerprint density at radius 1 is 1.13 bits per heavy atom. The summed E-state index contributed by atoms with van der Waals surface area (Å²) in [5.74, 6) is -0.598. The molecule has 0 saturated heterocycles. The molecule has 116 valence electrons. The van der Waals surface area contributed by atoms with Gasteiger partial charge in [0.05, 0.1) is 0 Å². The molecule has 1 N–H and O–H groups in total. The second kappa shape index (κ2) is 8.61. The monoisotopic (exact) mass is 342 g/mol. The van der Waals surface area contributed by atoms with Crippen LogP contribution in [0.15, 0.2) is 71.7 Å². The molecule has 1 heterocycles. The van der Waals surface area contributed by atoms with E-state index < -0.39 is 15.9 Å². The average Bonchev–Trinajstić information content (AvgIpc) is 2.48. The fraction of sp³-hybridized carbons (Fsp3) is 0.188. The summed E-state index contributed by atoms with van der Waals surface area (Å²) in [6.45, 7) is 2.81. The Morgan fingerprint density at radius 3 is 2.17 bits per heavy atom. The number of carbonyl (C=O) groups excluding carboxylic acids is 1. The summed E-state index contributed by atoms with van der Waals surface area (Å²) in [6, 6.07) is 0. The van der Waals surface area contributed by atoms with Gasteiger partial charge in [-0.1, -0.05) is 18.2 Å². The van der Waals surface area contributed by atoms with E-state index in [4.69, 9.17) is 4.55 Å². The van der Waals surface area contributed by atoms with Gasteiger partial charge >= 0.3 is 29.6 Å². The number of carbonyl (C=O) groups is 1. The third-order valence-electron chi connectivity index (χ3n) is 3.19. The zero-order valence-electron chi connectivity index (χ0n) is 13.1. The number of ketones is 1. The Balaban J connectivity index is 0.00000264. The van der Waals surface area contributed by atoms with E-state index in [0.717, 1.165) is 6.54 Å². The van der Waals surface area contributed by atoms with Crippen LogP contribution in [0.25, 0.3) is 0 Å². The van der Waals surface area contributed by atoms with Gasteiger partial charge in [-0.25, -0.2) is 0 Å². The third-order valence-corrected chi connectivity index (χ3v) is 3.86. The van der Waals surface area contributed by atoms with E-state index in [-0.39, 0.29) is 35.3 Å². The maximum absolute atomic E-state index is 11.2. The molecule has 1 aliphatic carbocycles. The predicted octanol–water partition coefficient (Wildman–Crippen LogP) is -0.841. The summed E-state index contributed by atoms with van der Waals surface area (Å²) >= 11 is 0. The van der Waals surface area contributed by atoms with Crippen molar-refractivity contribution in [2.75, 3.05) is 12.3 Å². The number of nitrogens with zero attached hydrogens (tertiary/aromatic N) is 1. The van der Waals surface area contributed by atoms with Crippen LogP contribution in [0, 0.1) is 0 Å². The van der Waals surface area contributed by atoms with E-state index in [0.29, 0.717) is 16.7 Å². The van der Waals surface area contributed by atoms with E-state index in [9.17, 15) is 13.2 Å². The molecule has 0 atom stereocenters. The van der Waals surface area contributed by atoms with Gasteiger partial charge in [-0.15, -0.1) is 0 Å². The second-order valence-corrected chi connectivity index (χ2v) is 6.33. The largest absolute Gasteiger partial charge is 1.00 e. The van der Waals surface area contributed by atoms with Crippen molar-refractivity contribution in [3.63, 3.8) is 0 Å². The van der Waals surface area contributed by atoms with Crippen molar-refractivity contribution in [2.45, 2.75) is 6.92 Å². The van der Waals surface area contributed by atoms with Gasteiger partial charge in [-0.3, -0.25) is 9.35 Å². The van der Waals surface area contributed by atoms with Crippen LogP contribution < -0.4 is 29.6 Å².